The average Bonchev–Trinajstić information content (AvgIpc) is 3.17. The monoisotopic (exact) mass is 515 g/mol. The zero-order chi connectivity index (χ0) is 27.1. The van der Waals surface area contributed by atoms with E-state index < -0.39 is 17.7 Å². The first kappa shape index (κ1) is 26.9. The second-order valence-electron chi connectivity index (χ2n) is 9.38. The molecule has 0 bridgehead atoms. The Kier molecular flexibility index (Phi) is 8.81. The van der Waals surface area contributed by atoms with Crippen molar-refractivity contribution in [2.45, 2.75) is 39.0 Å². The molecule has 1 aliphatic heterocycles. The van der Waals surface area contributed by atoms with Crippen molar-refractivity contribution in [1.29, 1.82) is 0 Å². The second kappa shape index (κ2) is 12.4. The quantitative estimate of drug-likeness (QED) is 0.157. The van der Waals surface area contributed by atoms with E-state index >= 15 is 0 Å². The summed E-state index contributed by atoms with van der Waals surface area (Å²) in [6.45, 7) is 4.92. The number of hydrogen-bond acceptors (Lipinski definition) is 6. The highest BCUT2D eigenvalue weighted by Gasteiger charge is 2.45. The fraction of sp³-hybridized carbons (Fsp3) is 0.290. The zero-order valence-electron chi connectivity index (χ0n) is 21.9. The smallest absolute Gasteiger partial charge is 0.295 e. The van der Waals surface area contributed by atoms with Crippen molar-refractivity contribution in [1.82, 2.24) is 4.90 Å². The topological polar surface area (TPSA) is 85.3 Å². The highest BCUT2D eigenvalue weighted by Crippen LogP contribution is 2.40. The summed E-state index contributed by atoms with van der Waals surface area (Å²) >= 11 is 0. The van der Waals surface area contributed by atoms with Crippen molar-refractivity contribution >= 4 is 17.4 Å². The molecule has 38 heavy (non-hydrogen) atoms. The van der Waals surface area contributed by atoms with Gasteiger partial charge in [0.25, 0.3) is 11.7 Å². The third-order valence-corrected chi connectivity index (χ3v) is 6.19. The third-order valence-electron chi connectivity index (χ3n) is 6.19. The molecule has 1 atom stereocenters. The number of ketones is 1. The van der Waals surface area contributed by atoms with Gasteiger partial charge in [-0.1, -0.05) is 54.6 Å². The molecule has 1 N–H and O–H groups in total. The molecule has 0 aromatic heterocycles. The van der Waals surface area contributed by atoms with Gasteiger partial charge in [-0.25, -0.2) is 0 Å². The first-order valence-electron chi connectivity index (χ1n) is 12.7. The van der Waals surface area contributed by atoms with Gasteiger partial charge in [-0.3, -0.25) is 9.59 Å². The lowest BCUT2D eigenvalue weighted by Gasteiger charge is -2.25. The van der Waals surface area contributed by atoms with E-state index in [0.29, 0.717) is 48.8 Å². The fourth-order valence-electron chi connectivity index (χ4n) is 4.50. The largest absolute Gasteiger partial charge is 0.507 e. The number of likely N-dealkylation sites (tertiary alicyclic amines) is 1. The van der Waals surface area contributed by atoms with Crippen LogP contribution in [-0.4, -0.2) is 48.1 Å². The van der Waals surface area contributed by atoms with Crippen LogP contribution in [-0.2, 0) is 20.9 Å². The molecule has 4 rings (SSSR count). The molecular weight excluding hydrogens is 482 g/mol. The molecule has 7 heteroatoms. The van der Waals surface area contributed by atoms with Gasteiger partial charge < -0.3 is 24.2 Å². The van der Waals surface area contributed by atoms with E-state index in [-0.39, 0.29) is 17.4 Å². The van der Waals surface area contributed by atoms with Gasteiger partial charge >= 0.3 is 0 Å². The van der Waals surface area contributed by atoms with Gasteiger partial charge in [0, 0.05) is 25.8 Å². The molecule has 1 aliphatic rings. The highest BCUT2D eigenvalue weighted by molar-refractivity contribution is 6.46. The first-order chi connectivity index (χ1) is 18.4. The van der Waals surface area contributed by atoms with Gasteiger partial charge in [-0.2, -0.15) is 0 Å². The molecular formula is C31H33NO6. The van der Waals surface area contributed by atoms with Crippen LogP contribution in [0.1, 0.15) is 43.0 Å². The first-order valence-corrected chi connectivity index (χ1v) is 12.7. The number of nitrogens with zero attached hydrogens (tertiary/aromatic N) is 1. The Bertz CT molecular complexity index is 1300. The number of amides is 1. The number of hydrogen-bond donors (Lipinski definition) is 1. The van der Waals surface area contributed by atoms with Crippen molar-refractivity contribution in [3.05, 3.63) is 101 Å². The van der Waals surface area contributed by atoms with E-state index in [1.165, 1.54) is 4.90 Å². The predicted molar refractivity (Wildman–Crippen MR) is 145 cm³/mol. The summed E-state index contributed by atoms with van der Waals surface area (Å²) in [5.41, 5.74) is 2.13. The number of aliphatic hydroxyl groups excluding tert-OH is 1. The van der Waals surface area contributed by atoms with Crippen LogP contribution < -0.4 is 9.47 Å². The van der Waals surface area contributed by atoms with E-state index in [0.717, 1.165) is 5.56 Å². The molecule has 1 heterocycles. The predicted octanol–water partition coefficient (Wildman–Crippen LogP) is 5.51. The van der Waals surface area contributed by atoms with Crippen molar-refractivity contribution in [3.63, 3.8) is 0 Å². The van der Waals surface area contributed by atoms with Crippen LogP contribution in [0.2, 0.25) is 0 Å². The van der Waals surface area contributed by atoms with Crippen LogP contribution in [0.5, 0.6) is 11.5 Å². The van der Waals surface area contributed by atoms with Crippen LogP contribution in [0.25, 0.3) is 5.76 Å². The molecule has 0 radical (unpaired) electrons. The number of ether oxygens (including phenoxy) is 3. The van der Waals surface area contributed by atoms with E-state index in [9.17, 15) is 14.7 Å². The summed E-state index contributed by atoms with van der Waals surface area (Å²) in [6.07, 6.45) is 0.486. The number of rotatable bonds is 11. The Balaban J connectivity index is 1.73. The van der Waals surface area contributed by atoms with E-state index in [2.05, 4.69) is 0 Å². The lowest BCUT2D eigenvalue weighted by atomic mass is 9.95. The summed E-state index contributed by atoms with van der Waals surface area (Å²) < 4.78 is 16.9. The molecule has 7 nitrogen and oxygen atoms in total. The van der Waals surface area contributed by atoms with Crippen LogP contribution in [0.3, 0.4) is 0 Å². The Labute approximate surface area is 223 Å². The number of carbonyl (C=O) groups is 2. The number of methoxy groups -OCH3 is 1. The second-order valence-corrected chi connectivity index (χ2v) is 9.38. The van der Waals surface area contributed by atoms with Crippen molar-refractivity contribution in [2.24, 2.45) is 0 Å². The number of aliphatic hydroxyl groups is 1. The van der Waals surface area contributed by atoms with Gasteiger partial charge in [-0.15, -0.1) is 0 Å². The maximum atomic E-state index is 13.3. The van der Waals surface area contributed by atoms with Crippen LogP contribution in [0, 0.1) is 0 Å². The molecule has 0 aliphatic carbocycles. The zero-order valence-corrected chi connectivity index (χ0v) is 21.9. The maximum Gasteiger partial charge on any atom is 0.295 e. The SMILES string of the molecule is COCCCN1C(=O)C(=O)/C(=C(\O)c2cccc(OC(C)C)c2)C1c1cccc(OCc2ccccc2)c1. The van der Waals surface area contributed by atoms with Gasteiger partial charge in [0.2, 0.25) is 0 Å². The maximum absolute atomic E-state index is 13.3. The number of Topliss-reactive ketones (excluding diaryl/α,β-unsaturated/α-hetero) is 1. The highest BCUT2D eigenvalue weighted by atomic mass is 16.5. The minimum Gasteiger partial charge on any atom is -0.507 e. The number of carbonyl (C=O) groups excluding carboxylic acids is 2. The fourth-order valence-corrected chi connectivity index (χ4v) is 4.50. The number of benzene rings is 3. The summed E-state index contributed by atoms with van der Waals surface area (Å²) in [7, 11) is 1.59. The molecule has 1 unspecified atom stereocenters. The third kappa shape index (κ3) is 6.23. The summed E-state index contributed by atoms with van der Waals surface area (Å²) in [5, 5.41) is 11.4. The molecule has 3 aromatic carbocycles. The van der Waals surface area contributed by atoms with E-state index in [1.54, 1.807) is 31.4 Å². The minimum absolute atomic E-state index is 0.0364. The van der Waals surface area contributed by atoms with Gasteiger partial charge in [0.1, 0.15) is 23.9 Å². The minimum atomic E-state index is -0.776. The van der Waals surface area contributed by atoms with Crippen LogP contribution in [0.15, 0.2) is 84.4 Å². The van der Waals surface area contributed by atoms with Gasteiger partial charge in [0.15, 0.2) is 0 Å². The molecule has 0 saturated carbocycles. The van der Waals surface area contributed by atoms with Crippen LogP contribution in [0.4, 0.5) is 0 Å². The van der Waals surface area contributed by atoms with Gasteiger partial charge in [-0.05, 0) is 55.7 Å². The normalized spacial score (nSPS) is 16.7. The van der Waals surface area contributed by atoms with E-state index in [4.69, 9.17) is 14.2 Å². The molecule has 3 aromatic rings. The van der Waals surface area contributed by atoms with Crippen molar-refractivity contribution < 1.29 is 28.9 Å². The molecule has 1 amide bonds. The average molecular weight is 516 g/mol. The molecule has 1 fully saturated rings. The lowest BCUT2D eigenvalue weighted by molar-refractivity contribution is -0.140. The van der Waals surface area contributed by atoms with Crippen molar-refractivity contribution in [3.8, 4) is 11.5 Å². The molecule has 1 saturated heterocycles. The Morgan fingerprint density at radius 1 is 0.947 bits per heavy atom. The standard InChI is InChI=1S/C31H33NO6/c1-21(2)38-26-15-8-13-24(19-26)29(33)27-28(32(16-9-17-36-3)31(35)30(27)34)23-12-7-14-25(18-23)37-20-22-10-5-4-6-11-22/h4-8,10-15,18-19,21,28,33H,9,16-17,20H2,1-3H3/b29-27-. The van der Waals surface area contributed by atoms with Gasteiger partial charge in [0.05, 0.1) is 17.7 Å². The Morgan fingerprint density at radius 2 is 1.68 bits per heavy atom. The summed E-state index contributed by atoms with van der Waals surface area (Å²) in [5.74, 6) is -0.464. The lowest BCUT2D eigenvalue weighted by Crippen LogP contribution is -2.31. The van der Waals surface area contributed by atoms with E-state index in [1.807, 2.05) is 68.4 Å². The summed E-state index contributed by atoms with van der Waals surface area (Å²) in [6, 6.07) is 23.2. The van der Waals surface area contributed by atoms with Crippen LogP contribution >= 0.6 is 0 Å². The van der Waals surface area contributed by atoms with Crippen molar-refractivity contribution in [2.75, 3.05) is 20.3 Å². The Morgan fingerprint density at radius 3 is 2.42 bits per heavy atom. The Hall–Kier alpha value is -4.10. The summed E-state index contributed by atoms with van der Waals surface area (Å²) in [4.78, 5) is 28.0. The molecule has 198 valence electrons. The molecule has 0 spiro atoms.